The second-order valence-electron chi connectivity index (χ2n) is 8.04. The molecule has 1 aliphatic heterocycles. The quantitative estimate of drug-likeness (QED) is 0.573. The second-order valence-corrected chi connectivity index (χ2v) is 8.43. The van der Waals surface area contributed by atoms with Crippen molar-refractivity contribution in [3.8, 4) is 17.1 Å². The number of amides is 1. The Kier molecular flexibility index (Phi) is 6.90. The Balaban J connectivity index is 1.38. The van der Waals surface area contributed by atoms with Gasteiger partial charge in [-0.25, -0.2) is 0 Å². The number of carbonyl (C=O) groups excluding carboxylic acids is 1. The van der Waals surface area contributed by atoms with E-state index in [2.05, 4.69) is 33.3 Å². The lowest BCUT2D eigenvalue weighted by atomic mass is 10.1. The Morgan fingerprint density at radius 2 is 1.94 bits per heavy atom. The van der Waals surface area contributed by atoms with Gasteiger partial charge in [-0.15, -0.1) is 0 Å². The van der Waals surface area contributed by atoms with E-state index < -0.39 is 0 Å². The molecule has 1 aromatic heterocycles. The molecule has 0 atom stereocenters. The molecule has 1 N–H and O–H groups in total. The minimum absolute atomic E-state index is 0.153. The molecule has 1 aliphatic rings. The van der Waals surface area contributed by atoms with Gasteiger partial charge < -0.3 is 14.5 Å². The summed E-state index contributed by atoms with van der Waals surface area (Å²) in [4.78, 5) is 17.3. The van der Waals surface area contributed by atoms with Gasteiger partial charge in [-0.3, -0.25) is 14.5 Å². The molecule has 0 radical (unpaired) electrons. The van der Waals surface area contributed by atoms with Gasteiger partial charge in [0.05, 0.1) is 7.11 Å². The number of aromatic amines is 1. The van der Waals surface area contributed by atoms with Gasteiger partial charge in [0.2, 0.25) is 5.91 Å². The van der Waals surface area contributed by atoms with Gasteiger partial charge in [-0.2, -0.15) is 5.10 Å². The number of methoxy groups -OCH3 is 1. The predicted octanol–water partition coefficient (Wildman–Crippen LogP) is 4.05. The SMILES string of the molecule is COc1ccc(N2CCCN(C(=O)CCn3c(-c4cccc(C)c4)n[nH]c3=S)CC2)cc1. The molecule has 3 aromatic rings. The van der Waals surface area contributed by atoms with E-state index in [1.54, 1.807) is 7.11 Å². The van der Waals surface area contributed by atoms with Crippen molar-refractivity contribution in [3.05, 3.63) is 58.9 Å². The smallest absolute Gasteiger partial charge is 0.224 e. The Bertz CT molecular complexity index is 1120. The molecular weight excluding hydrogens is 422 g/mol. The number of hydrogen-bond acceptors (Lipinski definition) is 5. The average molecular weight is 452 g/mol. The third kappa shape index (κ3) is 5.02. The van der Waals surface area contributed by atoms with E-state index in [9.17, 15) is 4.79 Å². The molecule has 32 heavy (non-hydrogen) atoms. The topological polar surface area (TPSA) is 66.4 Å². The highest BCUT2D eigenvalue weighted by atomic mass is 32.1. The summed E-state index contributed by atoms with van der Waals surface area (Å²) in [5.74, 6) is 1.77. The lowest BCUT2D eigenvalue weighted by molar-refractivity contribution is -0.131. The second kappa shape index (κ2) is 9.99. The Labute approximate surface area is 193 Å². The maximum Gasteiger partial charge on any atom is 0.224 e. The van der Waals surface area contributed by atoms with E-state index in [-0.39, 0.29) is 5.91 Å². The molecule has 8 heteroatoms. The van der Waals surface area contributed by atoms with Crippen molar-refractivity contribution in [2.75, 3.05) is 38.2 Å². The first-order chi connectivity index (χ1) is 15.5. The van der Waals surface area contributed by atoms with E-state index in [1.165, 1.54) is 0 Å². The molecule has 0 spiro atoms. The van der Waals surface area contributed by atoms with E-state index in [1.807, 2.05) is 46.7 Å². The van der Waals surface area contributed by atoms with Gasteiger partial charge in [-0.05, 0) is 55.9 Å². The van der Waals surface area contributed by atoms with Gasteiger partial charge in [0.15, 0.2) is 10.6 Å². The van der Waals surface area contributed by atoms with Crippen molar-refractivity contribution >= 4 is 23.8 Å². The standard InChI is InChI=1S/C24H29N5O2S/c1-18-5-3-6-19(17-18)23-25-26-24(32)29(23)14-11-22(30)28-13-4-12-27(15-16-28)20-7-9-21(31-2)10-8-20/h3,5-10,17H,4,11-16H2,1-2H3,(H,26,32). The molecule has 0 unspecified atom stereocenters. The first-order valence-electron chi connectivity index (χ1n) is 10.9. The van der Waals surface area contributed by atoms with Crippen LogP contribution < -0.4 is 9.64 Å². The van der Waals surface area contributed by atoms with Crippen molar-refractivity contribution in [2.24, 2.45) is 0 Å². The van der Waals surface area contributed by atoms with Gasteiger partial charge in [0.25, 0.3) is 0 Å². The van der Waals surface area contributed by atoms with Crippen LogP contribution in [0.1, 0.15) is 18.4 Å². The normalized spacial score (nSPS) is 14.3. The number of nitrogens with one attached hydrogen (secondary N) is 1. The maximum absolute atomic E-state index is 13.0. The lowest BCUT2D eigenvalue weighted by Crippen LogP contribution is -2.35. The van der Waals surface area contributed by atoms with E-state index in [0.717, 1.165) is 54.4 Å². The van der Waals surface area contributed by atoms with Crippen molar-refractivity contribution < 1.29 is 9.53 Å². The lowest BCUT2D eigenvalue weighted by Gasteiger charge is -2.24. The van der Waals surface area contributed by atoms with Crippen LogP contribution in [0.25, 0.3) is 11.4 Å². The van der Waals surface area contributed by atoms with Crippen LogP contribution in [0.15, 0.2) is 48.5 Å². The summed E-state index contributed by atoms with van der Waals surface area (Å²) in [6.07, 6.45) is 1.34. The van der Waals surface area contributed by atoms with Crippen LogP contribution in [0.3, 0.4) is 0 Å². The van der Waals surface area contributed by atoms with Gasteiger partial charge in [0, 0.05) is 50.4 Å². The Morgan fingerprint density at radius 1 is 1.12 bits per heavy atom. The third-order valence-corrected chi connectivity index (χ3v) is 6.18. The molecule has 1 fully saturated rings. The minimum Gasteiger partial charge on any atom is -0.497 e. The van der Waals surface area contributed by atoms with Gasteiger partial charge >= 0.3 is 0 Å². The Hall–Kier alpha value is -3.13. The minimum atomic E-state index is 0.153. The van der Waals surface area contributed by atoms with Crippen molar-refractivity contribution in [1.29, 1.82) is 0 Å². The fraction of sp³-hybridized carbons (Fsp3) is 0.375. The fourth-order valence-electron chi connectivity index (χ4n) is 4.11. The highest BCUT2D eigenvalue weighted by molar-refractivity contribution is 7.71. The van der Waals surface area contributed by atoms with E-state index in [0.29, 0.717) is 24.3 Å². The highest BCUT2D eigenvalue weighted by Crippen LogP contribution is 2.22. The maximum atomic E-state index is 13.0. The van der Waals surface area contributed by atoms with Crippen LogP contribution in [-0.4, -0.2) is 58.9 Å². The molecule has 2 heterocycles. The van der Waals surface area contributed by atoms with Crippen LogP contribution in [-0.2, 0) is 11.3 Å². The monoisotopic (exact) mass is 451 g/mol. The summed E-state index contributed by atoms with van der Waals surface area (Å²) in [5, 5.41) is 7.27. The summed E-state index contributed by atoms with van der Waals surface area (Å²) >= 11 is 5.43. The molecule has 1 saturated heterocycles. The summed E-state index contributed by atoms with van der Waals surface area (Å²) in [6.45, 7) is 5.79. The number of hydrogen-bond donors (Lipinski definition) is 1. The molecule has 2 aromatic carbocycles. The molecule has 0 bridgehead atoms. The fourth-order valence-corrected chi connectivity index (χ4v) is 4.34. The van der Waals surface area contributed by atoms with Crippen LogP contribution in [0.5, 0.6) is 5.75 Å². The van der Waals surface area contributed by atoms with E-state index >= 15 is 0 Å². The predicted molar refractivity (Wildman–Crippen MR) is 129 cm³/mol. The number of anilines is 1. The molecular formula is C24H29N5O2S. The summed E-state index contributed by atoms with van der Waals surface area (Å²) < 4.78 is 7.71. The number of rotatable bonds is 6. The van der Waals surface area contributed by atoms with Crippen LogP contribution in [0.2, 0.25) is 0 Å². The van der Waals surface area contributed by atoms with Crippen LogP contribution in [0.4, 0.5) is 5.69 Å². The number of aromatic nitrogens is 3. The summed E-state index contributed by atoms with van der Waals surface area (Å²) in [6, 6.07) is 16.2. The van der Waals surface area contributed by atoms with Gasteiger partial charge in [-0.1, -0.05) is 23.8 Å². The third-order valence-electron chi connectivity index (χ3n) is 5.87. The van der Waals surface area contributed by atoms with Crippen molar-refractivity contribution in [1.82, 2.24) is 19.7 Å². The van der Waals surface area contributed by atoms with Gasteiger partial charge in [0.1, 0.15) is 5.75 Å². The summed E-state index contributed by atoms with van der Waals surface area (Å²) in [5.41, 5.74) is 3.31. The zero-order valence-corrected chi connectivity index (χ0v) is 19.4. The number of H-pyrrole nitrogens is 1. The Morgan fingerprint density at radius 3 is 2.69 bits per heavy atom. The number of ether oxygens (including phenoxy) is 1. The van der Waals surface area contributed by atoms with E-state index in [4.69, 9.17) is 17.0 Å². The largest absolute Gasteiger partial charge is 0.497 e. The first-order valence-corrected chi connectivity index (χ1v) is 11.3. The highest BCUT2D eigenvalue weighted by Gasteiger charge is 2.20. The van der Waals surface area contributed by atoms with Crippen molar-refractivity contribution in [3.63, 3.8) is 0 Å². The number of carbonyl (C=O) groups is 1. The molecule has 0 saturated carbocycles. The zero-order valence-electron chi connectivity index (χ0n) is 18.6. The zero-order chi connectivity index (χ0) is 22.5. The number of benzene rings is 2. The number of nitrogens with zero attached hydrogens (tertiary/aromatic N) is 4. The van der Waals surface area contributed by atoms with Crippen molar-refractivity contribution in [2.45, 2.75) is 26.3 Å². The molecule has 168 valence electrons. The van der Waals surface area contributed by atoms with Crippen LogP contribution >= 0.6 is 12.2 Å². The molecule has 1 amide bonds. The molecule has 4 rings (SSSR count). The summed E-state index contributed by atoms with van der Waals surface area (Å²) in [7, 11) is 1.67. The molecule has 7 nitrogen and oxygen atoms in total. The first kappa shape index (κ1) is 22.1. The average Bonchev–Trinajstić information content (AvgIpc) is 3.01. The number of aryl methyl sites for hydroxylation is 1. The van der Waals surface area contributed by atoms with Crippen LogP contribution in [0, 0.1) is 11.7 Å². The molecule has 0 aliphatic carbocycles.